The third-order valence-electron chi connectivity index (χ3n) is 25.6. The molecule has 3 saturated heterocycles. The molecule has 11 bridgehead atoms. The van der Waals surface area contributed by atoms with Gasteiger partial charge in [-0.2, -0.15) is 0 Å². The number of benzene rings is 9. The van der Waals surface area contributed by atoms with Gasteiger partial charge in [-0.15, -0.1) is 0 Å². The van der Waals surface area contributed by atoms with Crippen molar-refractivity contribution >= 4 is 93.7 Å². The van der Waals surface area contributed by atoms with Gasteiger partial charge in [0, 0.05) is 69.8 Å². The molecule has 0 saturated carbocycles. The van der Waals surface area contributed by atoms with Crippen LogP contribution in [0.2, 0.25) is 20.1 Å². The van der Waals surface area contributed by atoms with E-state index in [-0.39, 0.29) is 60.7 Å². The van der Waals surface area contributed by atoms with E-state index in [9.17, 15) is 60.7 Å². The topological polar surface area (TPSA) is 552 Å². The Morgan fingerprint density at radius 3 is 1.71 bits per heavy atom. The number of carbonyl (C=O) groups is 8. The van der Waals surface area contributed by atoms with E-state index in [0.717, 1.165) is 81.9 Å². The molecular formula is C99H106Cl4N10O26. The van der Waals surface area contributed by atoms with E-state index in [1.165, 1.54) is 44.2 Å². The highest BCUT2D eigenvalue weighted by molar-refractivity contribution is 6.32. The Morgan fingerprint density at radius 2 is 1.13 bits per heavy atom. The number of hydrogen-bond acceptors (Lipinski definition) is 28. The number of halogens is 4. The zero-order valence-corrected chi connectivity index (χ0v) is 79.0. The molecule has 8 aliphatic heterocycles. The van der Waals surface area contributed by atoms with Crippen LogP contribution in [-0.2, 0) is 75.1 Å². The summed E-state index contributed by atoms with van der Waals surface area (Å²) in [6.45, 7) is 9.29. The van der Waals surface area contributed by atoms with Gasteiger partial charge >= 0.3 is 5.97 Å². The van der Waals surface area contributed by atoms with Crippen molar-refractivity contribution in [2.45, 2.75) is 214 Å². The molecule has 0 aromatic heterocycles. The first kappa shape index (κ1) is 102. The standard InChI is InChI=1S/C99H106Cl4N10O26/c1-44(2)30-65(113(7)42-48-10-14-50(15-11-48)52-18-25-58(101)26-19-52)91(125)111-80-82(119)54-21-28-68(62(102)32-54)134-70-34-56-35-71(86(70)139-97-87(84(121)83(120)72(43-114)136-97)138-75-40-99(6,89(123)46(4)133-75)106-41-47-8-12-49(13-9-47)51-16-23-57(100)24-17-51)135-69-29-22-55(33-63(69)103)85(137-74-39-98(5,105)88(122)45(3)132-74)81-95(129)110-79(96(130)131)61-36-59(115)37-67(117)76(61)60-31-53(20-27-66(60)116)77(92(126)112-81)109-93(127)78(56)108-90(124)64(38-73(104)118)107-94(80)128/h8-29,31-37,44-46,64-65,72,74-75,77-85,87-89,97,106,114-117,119-123H,30,38-43,105H2,1-7H3,(H2,104,118)(H,107,128)(H,108,124)(H,109,127)(H,110,129)(H,111,125)(H,112,126)(H,130,131)/t45-,46-,64-,65+,72+,74-,75-,77+,78+,79-,80+,81-,82+,83+,84-,85+,87+,88-,89-,97-,98-,99-/m0/s1. The molecule has 8 heterocycles. The summed E-state index contributed by atoms with van der Waals surface area (Å²) < 4.78 is 53.3. The van der Waals surface area contributed by atoms with Crippen LogP contribution in [-0.4, -0.2) is 220 Å². The summed E-state index contributed by atoms with van der Waals surface area (Å²) in [4.78, 5) is 125. The minimum atomic E-state index is -2.43. The highest BCUT2D eigenvalue weighted by atomic mass is 35.5. The zero-order chi connectivity index (χ0) is 99.8. The first-order chi connectivity index (χ1) is 66.0. The zero-order valence-electron chi connectivity index (χ0n) is 75.9. The average molecular weight is 1990 g/mol. The lowest BCUT2D eigenvalue weighted by molar-refractivity contribution is -0.334. The van der Waals surface area contributed by atoms with E-state index in [4.69, 9.17) is 95.8 Å². The normalized spacial score (nSPS) is 27.9. The molecule has 0 aliphatic carbocycles. The van der Waals surface area contributed by atoms with Gasteiger partial charge < -0.3 is 138 Å². The molecule has 17 rings (SSSR count). The SMILES string of the molecule is CC(C)C[C@H](C(=O)N[C@H]1C(=O)N[C@@H](CC(N)=O)C(=O)N[C@H]2C(=O)N[C@H]3C(=O)N[C@H](C(=O)N[C@H](C(=O)O)c4cc(O)cc(O)c4-c4cc3ccc4O)[C@H](O[C@H]3C[C@](C)(N)[C@@H](O)[C@H](C)O3)c3ccc(c(Cl)c3)Oc3cc2cc(c3O[C@@H]2O[C@H](CO)[C@@H](O)[C@H](O)[C@H]2O[C@H]2C[C@](C)(NCc3ccc(-c4ccc(Cl)cc4)cc3)[C@@H](O)[C@H](C)O2)Oc2ccc(cc2Cl)[C@H]1O)N(C)Cc1ccc(-c2ccc(Cl)cc2)cc1. The van der Waals surface area contributed by atoms with E-state index < -0.39 is 266 Å². The number of aliphatic carboxylic acids is 1. The average Bonchev–Trinajstić information content (AvgIpc) is 0.761. The number of primary amides is 1. The Kier molecular flexibility index (Phi) is 30.9. The first-order valence-electron chi connectivity index (χ1n) is 44.7. The Morgan fingerprint density at radius 1 is 0.583 bits per heavy atom. The second-order valence-corrected chi connectivity index (χ2v) is 38.2. The second kappa shape index (κ2) is 42.3. The van der Waals surface area contributed by atoms with Crippen LogP contribution in [0.1, 0.15) is 137 Å². The highest BCUT2D eigenvalue weighted by Gasteiger charge is 2.53. The number of nitrogens with one attached hydrogen (secondary N) is 7. The number of nitrogens with zero attached hydrogens (tertiary/aromatic N) is 1. The Balaban J connectivity index is 0.898. The lowest BCUT2D eigenvalue weighted by Crippen LogP contribution is -2.65. The number of nitrogens with two attached hydrogens (primary N) is 2. The van der Waals surface area contributed by atoms with E-state index in [1.807, 2.05) is 86.6 Å². The molecule has 36 nitrogen and oxygen atoms in total. The molecule has 7 amide bonds. The molecule has 9 aromatic carbocycles. The number of fused-ring (bicyclic) bond motifs is 15. The number of amides is 7. The van der Waals surface area contributed by atoms with Crippen molar-refractivity contribution < 1.29 is 127 Å². The number of carboxylic acid groups (broad SMARTS) is 1. The third-order valence-corrected chi connectivity index (χ3v) is 26.7. The third kappa shape index (κ3) is 22.6. The number of aromatic hydroxyl groups is 3. The van der Waals surface area contributed by atoms with Crippen LogP contribution in [0.4, 0.5) is 0 Å². The van der Waals surface area contributed by atoms with E-state index in [0.29, 0.717) is 10.0 Å². The Hall–Kier alpha value is -11.9. The van der Waals surface area contributed by atoms with Crippen molar-refractivity contribution in [3.05, 3.63) is 235 Å². The molecule has 22 atom stereocenters. The van der Waals surface area contributed by atoms with E-state index >= 15 is 28.8 Å². The van der Waals surface area contributed by atoms with Crippen molar-refractivity contribution in [2.75, 3.05) is 13.7 Å². The number of likely N-dealkylation sites (N-methyl/N-ethyl adjacent to an activating group) is 1. The van der Waals surface area contributed by atoms with Crippen molar-refractivity contribution in [2.24, 2.45) is 17.4 Å². The molecule has 8 aliphatic rings. The fraction of sp³-hybridized carbons (Fsp3) is 0.374. The van der Waals surface area contributed by atoms with Crippen LogP contribution in [0.5, 0.6) is 46.0 Å². The van der Waals surface area contributed by atoms with E-state index in [2.05, 4.69) is 37.2 Å². The molecular weight excluding hydrogens is 1890 g/mol. The summed E-state index contributed by atoms with van der Waals surface area (Å²) in [6.07, 6.45) is -23.3. The van der Waals surface area contributed by atoms with Crippen LogP contribution in [0, 0.1) is 5.92 Å². The smallest absolute Gasteiger partial charge is 0.330 e. The van der Waals surface area contributed by atoms with Crippen molar-refractivity contribution in [3.8, 4) is 79.4 Å². The predicted molar refractivity (Wildman–Crippen MR) is 505 cm³/mol. The maximum atomic E-state index is 16.8. The van der Waals surface area contributed by atoms with Crippen LogP contribution in [0.15, 0.2) is 176 Å². The predicted octanol–water partition coefficient (Wildman–Crippen LogP) is 8.73. The van der Waals surface area contributed by atoms with Crippen LogP contribution in [0.25, 0.3) is 33.4 Å². The number of carbonyl (C=O) groups excluding carboxylic acids is 7. The number of hydrogen-bond donors (Lipinski definition) is 19. The molecule has 736 valence electrons. The summed E-state index contributed by atoms with van der Waals surface area (Å²) in [7, 11) is 1.68. The Labute approximate surface area is 817 Å². The van der Waals surface area contributed by atoms with E-state index in [1.54, 1.807) is 50.1 Å². The highest BCUT2D eigenvalue weighted by Crippen LogP contribution is 2.51. The van der Waals surface area contributed by atoms with Crippen LogP contribution >= 0.6 is 46.4 Å². The number of aliphatic hydroxyl groups excluding tert-OH is 6. The fourth-order valence-corrected chi connectivity index (χ4v) is 18.8. The van der Waals surface area contributed by atoms with Gasteiger partial charge in [-0.05, 0) is 182 Å². The first-order valence-corrected chi connectivity index (χ1v) is 46.2. The fourth-order valence-electron chi connectivity index (χ4n) is 18.1. The van der Waals surface area contributed by atoms with Gasteiger partial charge in [-0.1, -0.05) is 151 Å². The van der Waals surface area contributed by atoms with Gasteiger partial charge in [0.1, 0.15) is 89.5 Å². The number of phenolic OH excluding ortho intramolecular Hbond substituents is 3. The number of carboxylic acids is 1. The molecule has 3 fully saturated rings. The van der Waals surface area contributed by atoms with Gasteiger partial charge in [0.25, 0.3) is 0 Å². The summed E-state index contributed by atoms with van der Waals surface area (Å²) in [6, 6.07) is 29.1. The van der Waals surface area contributed by atoms with Gasteiger partial charge in [0.15, 0.2) is 36.2 Å². The van der Waals surface area contributed by atoms with Crippen molar-refractivity contribution in [1.29, 1.82) is 0 Å². The van der Waals surface area contributed by atoms with Gasteiger partial charge in [0.2, 0.25) is 53.4 Å². The van der Waals surface area contributed by atoms with Gasteiger partial charge in [-0.25, -0.2) is 4.79 Å². The number of rotatable bonds is 22. The second-order valence-electron chi connectivity index (χ2n) is 36.5. The van der Waals surface area contributed by atoms with Crippen LogP contribution < -0.4 is 62.9 Å². The Bertz CT molecular complexity index is 6110. The van der Waals surface area contributed by atoms with Crippen LogP contribution in [0.3, 0.4) is 0 Å². The summed E-state index contributed by atoms with van der Waals surface area (Å²) in [5, 5.41) is 137. The molecule has 40 heteroatoms. The molecule has 9 aromatic rings. The minimum Gasteiger partial charge on any atom is -0.508 e. The largest absolute Gasteiger partial charge is 0.508 e. The maximum absolute atomic E-state index is 16.8. The minimum absolute atomic E-state index is 0.154. The van der Waals surface area contributed by atoms with Crippen molar-refractivity contribution in [3.63, 3.8) is 0 Å². The number of aliphatic hydroxyl groups is 6. The number of phenols is 3. The summed E-state index contributed by atoms with van der Waals surface area (Å²) in [5.41, 5.74) is 12.2. The maximum Gasteiger partial charge on any atom is 0.330 e. The summed E-state index contributed by atoms with van der Waals surface area (Å²) in [5.74, 6) is -16.3. The summed E-state index contributed by atoms with van der Waals surface area (Å²) >= 11 is 27.3. The van der Waals surface area contributed by atoms with Gasteiger partial charge in [0.05, 0.1) is 53.5 Å². The molecule has 139 heavy (non-hydrogen) atoms. The van der Waals surface area contributed by atoms with Crippen molar-refractivity contribution in [1.82, 2.24) is 42.1 Å². The molecule has 0 unspecified atom stereocenters. The molecule has 0 spiro atoms. The van der Waals surface area contributed by atoms with Gasteiger partial charge in [-0.3, -0.25) is 38.5 Å². The number of ether oxygens (including phenoxy) is 8. The molecule has 21 N–H and O–H groups in total. The monoisotopic (exact) mass is 1990 g/mol. The lowest BCUT2D eigenvalue weighted by Gasteiger charge is -2.48. The quantitative estimate of drug-likeness (QED) is 0.0301. The molecule has 0 radical (unpaired) electrons. The lowest BCUT2D eigenvalue weighted by atomic mass is 9.84.